The Morgan fingerprint density at radius 3 is 2.04 bits per heavy atom. The highest BCUT2D eigenvalue weighted by Crippen LogP contribution is 2.13. The smallest absolute Gasteiger partial charge is 0.338 e. The molecule has 1 aromatic carbocycles. The number of hydrogen-bond acceptors (Lipinski definition) is 5. The largest absolute Gasteiger partial charge is 0.462 e. The first-order chi connectivity index (χ1) is 11.5. The first-order valence-corrected chi connectivity index (χ1v) is 8.20. The quantitative estimate of drug-likeness (QED) is 0.272. The molecule has 24 heavy (non-hydrogen) atoms. The van der Waals surface area contributed by atoms with E-state index in [1.165, 1.54) is 24.3 Å². The number of carbonyl (C=O) groups is 2. The summed E-state index contributed by atoms with van der Waals surface area (Å²) in [5.74, 6) is -0.707. The number of nitrogens with zero attached hydrogens (tertiary/aromatic N) is 1. The molecule has 0 radical (unpaired) electrons. The number of nitro benzene ring substituents is 1. The third kappa shape index (κ3) is 8.26. The van der Waals surface area contributed by atoms with Crippen LogP contribution in [0.2, 0.25) is 0 Å². The summed E-state index contributed by atoms with van der Waals surface area (Å²) in [7, 11) is 0. The molecule has 0 saturated carbocycles. The molecule has 0 unspecified atom stereocenters. The van der Waals surface area contributed by atoms with Crippen LogP contribution in [0.4, 0.5) is 5.69 Å². The number of benzene rings is 1. The first kappa shape index (κ1) is 19.6. The molecule has 0 atom stereocenters. The Labute approximate surface area is 141 Å². The molecule has 2 N–H and O–H groups in total. The third-order valence-electron chi connectivity index (χ3n) is 3.61. The van der Waals surface area contributed by atoms with E-state index in [1.807, 2.05) is 0 Å². The number of non-ortho nitro benzene ring substituents is 1. The van der Waals surface area contributed by atoms with Crippen LogP contribution >= 0.6 is 0 Å². The van der Waals surface area contributed by atoms with Gasteiger partial charge < -0.3 is 10.5 Å². The molecule has 0 bridgehead atoms. The molecule has 0 saturated heterocycles. The van der Waals surface area contributed by atoms with E-state index in [4.69, 9.17) is 10.5 Å². The maximum absolute atomic E-state index is 11.8. The first-order valence-electron chi connectivity index (χ1n) is 8.20. The second-order valence-electron chi connectivity index (χ2n) is 5.63. The van der Waals surface area contributed by atoms with E-state index >= 15 is 0 Å². The summed E-state index contributed by atoms with van der Waals surface area (Å²) in [6, 6.07) is 5.36. The summed E-state index contributed by atoms with van der Waals surface area (Å²) in [4.78, 5) is 32.3. The van der Waals surface area contributed by atoms with Crippen LogP contribution in [0.15, 0.2) is 24.3 Å². The monoisotopic (exact) mass is 336 g/mol. The van der Waals surface area contributed by atoms with Crippen LogP contribution < -0.4 is 5.73 Å². The zero-order valence-electron chi connectivity index (χ0n) is 13.7. The lowest BCUT2D eigenvalue weighted by molar-refractivity contribution is -0.384. The maximum atomic E-state index is 11.8. The summed E-state index contributed by atoms with van der Waals surface area (Å²) < 4.78 is 5.14. The molecule has 0 aliphatic heterocycles. The Morgan fingerprint density at radius 2 is 1.50 bits per heavy atom. The lowest BCUT2D eigenvalue weighted by Crippen LogP contribution is -2.09. The van der Waals surface area contributed by atoms with E-state index in [0.29, 0.717) is 18.6 Å². The van der Waals surface area contributed by atoms with Crippen LogP contribution in [0.1, 0.15) is 61.7 Å². The Kier molecular flexibility index (Phi) is 9.11. The maximum Gasteiger partial charge on any atom is 0.338 e. The summed E-state index contributed by atoms with van der Waals surface area (Å²) in [5.41, 5.74) is 5.33. The van der Waals surface area contributed by atoms with Gasteiger partial charge in [0.15, 0.2) is 0 Å². The lowest BCUT2D eigenvalue weighted by atomic mass is 10.1. The van der Waals surface area contributed by atoms with Gasteiger partial charge in [0.05, 0.1) is 17.1 Å². The van der Waals surface area contributed by atoms with Crippen LogP contribution in [0.25, 0.3) is 0 Å². The van der Waals surface area contributed by atoms with Gasteiger partial charge in [0.25, 0.3) is 5.69 Å². The van der Waals surface area contributed by atoms with E-state index in [9.17, 15) is 19.7 Å². The molecule has 0 spiro atoms. The van der Waals surface area contributed by atoms with Crippen molar-refractivity contribution >= 4 is 17.6 Å². The fourth-order valence-corrected chi connectivity index (χ4v) is 2.25. The predicted octanol–water partition coefficient (Wildman–Crippen LogP) is 3.36. The molecule has 0 heterocycles. The van der Waals surface area contributed by atoms with Crippen molar-refractivity contribution in [3.05, 3.63) is 39.9 Å². The van der Waals surface area contributed by atoms with Gasteiger partial charge >= 0.3 is 5.97 Å². The van der Waals surface area contributed by atoms with Gasteiger partial charge in [-0.15, -0.1) is 0 Å². The van der Waals surface area contributed by atoms with Gasteiger partial charge in [0.1, 0.15) is 0 Å². The van der Waals surface area contributed by atoms with Crippen molar-refractivity contribution in [3.63, 3.8) is 0 Å². The number of carbonyl (C=O) groups excluding carboxylic acids is 2. The van der Waals surface area contributed by atoms with E-state index in [1.54, 1.807) is 0 Å². The number of ether oxygens (including phenoxy) is 1. The highest BCUT2D eigenvalue weighted by atomic mass is 16.6. The number of nitrogens with two attached hydrogens (primary N) is 1. The van der Waals surface area contributed by atoms with Crippen molar-refractivity contribution in [2.45, 2.75) is 51.4 Å². The molecule has 132 valence electrons. The average molecular weight is 336 g/mol. The van der Waals surface area contributed by atoms with Crippen LogP contribution in [0.3, 0.4) is 0 Å². The Balaban J connectivity index is 2.05. The van der Waals surface area contributed by atoms with E-state index < -0.39 is 10.9 Å². The molecule has 7 heteroatoms. The van der Waals surface area contributed by atoms with Gasteiger partial charge in [-0.2, -0.15) is 0 Å². The van der Waals surface area contributed by atoms with E-state index in [0.717, 1.165) is 44.9 Å². The number of hydrogen-bond donors (Lipinski definition) is 1. The number of unbranched alkanes of at least 4 members (excludes halogenated alkanes) is 6. The summed E-state index contributed by atoms with van der Waals surface area (Å²) >= 11 is 0. The molecule has 1 rings (SSSR count). The molecule has 0 fully saturated rings. The predicted molar refractivity (Wildman–Crippen MR) is 89.5 cm³/mol. The Hall–Kier alpha value is -2.44. The van der Waals surface area contributed by atoms with Crippen molar-refractivity contribution in [1.82, 2.24) is 0 Å². The molecule has 0 aliphatic rings. The fourth-order valence-electron chi connectivity index (χ4n) is 2.25. The van der Waals surface area contributed by atoms with Gasteiger partial charge in [-0.3, -0.25) is 14.9 Å². The summed E-state index contributed by atoms with van der Waals surface area (Å²) in [6.45, 7) is 0.345. The van der Waals surface area contributed by atoms with Crippen molar-refractivity contribution < 1.29 is 19.2 Å². The van der Waals surface area contributed by atoms with Crippen molar-refractivity contribution in [3.8, 4) is 0 Å². The summed E-state index contributed by atoms with van der Waals surface area (Å²) in [5, 5.41) is 10.5. The van der Waals surface area contributed by atoms with Crippen LogP contribution in [-0.2, 0) is 9.53 Å². The van der Waals surface area contributed by atoms with Gasteiger partial charge in [-0.25, -0.2) is 4.79 Å². The number of nitro groups is 1. The highest BCUT2D eigenvalue weighted by molar-refractivity contribution is 5.89. The normalized spacial score (nSPS) is 10.3. The number of amides is 1. The fraction of sp³-hybridized carbons (Fsp3) is 0.529. The Morgan fingerprint density at radius 1 is 0.958 bits per heavy atom. The minimum absolute atomic E-state index is 0.0534. The SMILES string of the molecule is NC(=O)CCCCCCCCCOC(=O)c1ccc([N+](=O)[O-])cc1. The molecular weight excluding hydrogens is 312 g/mol. The minimum Gasteiger partial charge on any atom is -0.462 e. The van der Waals surface area contributed by atoms with E-state index in [-0.39, 0.29) is 11.6 Å². The van der Waals surface area contributed by atoms with Crippen LogP contribution in [0, 0.1) is 10.1 Å². The zero-order chi connectivity index (χ0) is 17.8. The number of rotatable bonds is 12. The van der Waals surface area contributed by atoms with Gasteiger partial charge in [0.2, 0.25) is 5.91 Å². The van der Waals surface area contributed by atoms with Crippen LogP contribution in [-0.4, -0.2) is 23.4 Å². The zero-order valence-corrected chi connectivity index (χ0v) is 13.7. The topological polar surface area (TPSA) is 113 Å². The second-order valence-corrected chi connectivity index (χ2v) is 5.63. The van der Waals surface area contributed by atoms with E-state index in [2.05, 4.69) is 0 Å². The number of esters is 1. The van der Waals surface area contributed by atoms with Crippen molar-refractivity contribution in [1.29, 1.82) is 0 Å². The number of primary amides is 1. The van der Waals surface area contributed by atoms with Crippen molar-refractivity contribution in [2.24, 2.45) is 5.73 Å². The molecule has 0 aromatic heterocycles. The second kappa shape index (κ2) is 11.2. The molecular formula is C17H24N2O5. The average Bonchev–Trinajstić information content (AvgIpc) is 2.56. The van der Waals surface area contributed by atoms with Crippen LogP contribution in [0.5, 0.6) is 0 Å². The van der Waals surface area contributed by atoms with Gasteiger partial charge in [-0.1, -0.05) is 32.1 Å². The molecule has 0 aliphatic carbocycles. The molecule has 7 nitrogen and oxygen atoms in total. The van der Waals surface area contributed by atoms with Crippen molar-refractivity contribution in [2.75, 3.05) is 6.61 Å². The highest BCUT2D eigenvalue weighted by Gasteiger charge is 2.10. The Bertz CT molecular complexity index is 542. The van der Waals surface area contributed by atoms with Gasteiger partial charge in [-0.05, 0) is 25.0 Å². The standard InChI is InChI=1S/C17H24N2O5/c18-16(20)8-6-4-2-1-3-5-7-13-24-17(21)14-9-11-15(12-10-14)19(22)23/h9-12H,1-8,13H2,(H2,18,20). The third-order valence-corrected chi connectivity index (χ3v) is 3.61. The summed E-state index contributed by atoms with van der Waals surface area (Å²) in [6.07, 6.45) is 7.32. The minimum atomic E-state index is -0.511. The molecule has 1 amide bonds. The lowest BCUT2D eigenvalue weighted by Gasteiger charge is -2.05. The molecule has 1 aromatic rings. The van der Waals surface area contributed by atoms with Gasteiger partial charge in [0, 0.05) is 18.6 Å².